The molecule has 3 aromatic rings. The highest BCUT2D eigenvalue weighted by atomic mass is 35.5. The van der Waals surface area contributed by atoms with Crippen molar-refractivity contribution in [1.29, 1.82) is 0 Å². The molecule has 8 heteroatoms. The lowest BCUT2D eigenvalue weighted by Gasteiger charge is -2.02. The van der Waals surface area contributed by atoms with Crippen LogP contribution in [0, 0.1) is 0 Å². The molecule has 1 N–H and O–H groups in total. The number of amides is 1. The second-order valence-electron chi connectivity index (χ2n) is 4.75. The van der Waals surface area contributed by atoms with Gasteiger partial charge in [-0.2, -0.15) is 4.98 Å². The zero-order chi connectivity index (χ0) is 17.1. The highest BCUT2D eigenvalue weighted by Crippen LogP contribution is 2.33. The molecule has 5 nitrogen and oxygen atoms in total. The molecule has 0 fully saturated rings. The molecule has 0 aliphatic carbocycles. The molecule has 0 saturated carbocycles. The van der Waals surface area contributed by atoms with E-state index in [-0.39, 0.29) is 11.9 Å². The molecule has 2 aromatic heterocycles. The number of allylic oxidation sites excluding steroid dienone is 3. The van der Waals surface area contributed by atoms with E-state index in [0.717, 1.165) is 11.3 Å². The van der Waals surface area contributed by atoms with Gasteiger partial charge in [0.05, 0.1) is 10.7 Å². The summed E-state index contributed by atoms with van der Waals surface area (Å²) in [7, 11) is 0. The smallest absolute Gasteiger partial charge is 0.250 e. The van der Waals surface area contributed by atoms with Gasteiger partial charge in [-0.05, 0) is 25.1 Å². The normalized spacial score (nSPS) is 11.8. The first-order valence-electron chi connectivity index (χ1n) is 6.98. The fourth-order valence-electron chi connectivity index (χ4n) is 2.02. The summed E-state index contributed by atoms with van der Waals surface area (Å²) < 4.78 is 1.63. The van der Waals surface area contributed by atoms with Crippen molar-refractivity contribution in [2.24, 2.45) is 0 Å². The predicted molar refractivity (Wildman–Crippen MR) is 98.9 cm³/mol. The summed E-state index contributed by atoms with van der Waals surface area (Å²) >= 11 is 13.7. The molecule has 0 atom stereocenters. The van der Waals surface area contributed by atoms with Gasteiger partial charge in [0.2, 0.25) is 4.96 Å². The number of thiazole rings is 1. The van der Waals surface area contributed by atoms with Gasteiger partial charge in [-0.25, -0.2) is 4.52 Å². The van der Waals surface area contributed by atoms with Crippen LogP contribution < -0.4 is 5.32 Å². The van der Waals surface area contributed by atoms with Crippen molar-refractivity contribution in [2.45, 2.75) is 6.92 Å². The summed E-state index contributed by atoms with van der Waals surface area (Å²) in [5.41, 5.74) is 1.52. The predicted octanol–water partition coefficient (Wildman–Crippen LogP) is 4.84. The van der Waals surface area contributed by atoms with Crippen LogP contribution in [-0.4, -0.2) is 20.5 Å². The summed E-state index contributed by atoms with van der Waals surface area (Å²) in [6.07, 6.45) is 6.64. The minimum Gasteiger partial charge on any atom is -0.290 e. The van der Waals surface area contributed by atoms with Gasteiger partial charge in [0.25, 0.3) is 11.9 Å². The van der Waals surface area contributed by atoms with Gasteiger partial charge in [0, 0.05) is 22.0 Å². The fraction of sp³-hybridized carbons (Fsp3) is 0.0625. The number of aromatic nitrogens is 3. The average molecular weight is 379 g/mol. The Bertz CT molecular complexity index is 958. The largest absolute Gasteiger partial charge is 0.290 e. The molecule has 0 spiro atoms. The first-order valence-corrected chi connectivity index (χ1v) is 8.62. The standard InChI is InChI=1S/C16H12Cl2N4OS/c1-2-3-4-5-14(23)19-15-20-16-22(21-15)13(9-24-16)11-8-10(17)6-7-12(11)18/h2-9H,1H3,(H,19,21,23)/b3-2+,5-4+. The van der Waals surface area contributed by atoms with Gasteiger partial charge < -0.3 is 0 Å². The summed E-state index contributed by atoms with van der Waals surface area (Å²) in [5.74, 6) is -0.0648. The van der Waals surface area contributed by atoms with Crippen molar-refractivity contribution >= 4 is 51.4 Å². The molecule has 1 aromatic carbocycles. The van der Waals surface area contributed by atoms with E-state index in [4.69, 9.17) is 23.2 Å². The van der Waals surface area contributed by atoms with Crippen LogP contribution in [0.4, 0.5) is 5.95 Å². The Morgan fingerprint density at radius 1 is 1.33 bits per heavy atom. The van der Waals surface area contributed by atoms with Crippen LogP contribution in [0.3, 0.4) is 0 Å². The summed E-state index contributed by atoms with van der Waals surface area (Å²) in [4.78, 5) is 16.7. The number of nitrogens with zero attached hydrogens (tertiary/aromatic N) is 3. The molecule has 0 aliphatic heterocycles. The fourth-order valence-corrected chi connectivity index (χ4v) is 3.23. The number of fused-ring (bicyclic) bond motifs is 1. The number of hydrogen-bond donors (Lipinski definition) is 1. The average Bonchev–Trinajstić information content (AvgIpc) is 3.10. The third-order valence-corrected chi connectivity index (χ3v) is 4.45. The van der Waals surface area contributed by atoms with Crippen molar-refractivity contribution in [2.75, 3.05) is 5.32 Å². The van der Waals surface area contributed by atoms with Crippen LogP contribution in [0.25, 0.3) is 16.2 Å². The van der Waals surface area contributed by atoms with Crippen LogP contribution in [-0.2, 0) is 4.79 Å². The third-order valence-electron chi connectivity index (χ3n) is 3.07. The Kier molecular flexibility index (Phi) is 4.99. The maximum Gasteiger partial charge on any atom is 0.250 e. The molecule has 0 saturated heterocycles. The number of carbonyl (C=O) groups excluding carboxylic acids is 1. The summed E-state index contributed by atoms with van der Waals surface area (Å²) in [6.45, 7) is 1.87. The van der Waals surface area contributed by atoms with Crippen molar-refractivity contribution in [3.8, 4) is 11.3 Å². The van der Waals surface area contributed by atoms with Crippen LogP contribution in [0.2, 0.25) is 10.0 Å². The van der Waals surface area contributed by atoms with Crippen LogP contribution >= 0.6 is 34.5 Å². The van der Waals surface area contributed by atoms with E-state index < -0.39 is 0 Å². The molecular formula is C16H12Cl2N4OS. The number of anilines is 1. The van der Waals surface area contributed by atoms with E-state index in [9.17, 15) is 4.79 Å². The molecule has 122 valence electrons. The molecule has 0 aliphatic rings. The molecule has 0 bridgehead atoms. The van der Waals surface area contributed by atoms with Gasteiger partial charge in [0.1, 0.15) is 0 Å². The number of hydrogen-bond acceptors (Lipinski definition) is 4. The lowest BCUT2D eigenvalue weighted by atomic mass is 10.2. The van der Waals surface area contributed by atoms with Gasteiger partial charge in [0.15, 0.2) is 0 Å². The molecule has 1 amide bonds. The second-order valence-corrected chi connectivity index (χ2v) is 6.43. The molecule has 24 heavy (non-hydrogen) atoms. The van der Waals surface area contributed by atoms with Crippen LogP contribution in [0.5, 0.6) is 0 Å². The minimum absolute atomic E-state index is 0.233. The SMILES string of the molecule is C/C=C/C=C/C(=O)Nc1nc2scc(-c3cc(Cl)ccc3Cl)n2n1. The number of rotatable bonds is 4. The zero-order valence-electron chi connectivity index (χ0n) is 12.5. The van der Waals surface area contributed by atoms with Crippen LogP contribution in [0.1, 0.15) is 6.92 Å². The van der Waals surface area contributed by atoms with Crippen molar-refractivity contribution in [3.05, 3.63) is 57.9 Å². The Morgan fingerprint density at radius 2 is 2.17 bits per heavy atom. The van der Waals surface area contributed by atoms with E-state index in [1.807, 2.05) is 18.4 Å². The van der Waals surface area contributed by atoms with E-state index in [2.05, 4.69) is 15.4 Å². The summed E-state index contributed by atoms with van der Waals surface area (Å²) in [6, 6.07) is 5.22. The third kappa shape index (κ3) is 3.51. The lowest BCUT2D eigenvalue weighted by molar-refractivity contribution is -0.111. The second kappa shape index (κ2) is 7.17. The van der Waals surface area contributed by atoms with Crippen LogP contribution in [0.15, 0.2) is 47.9 Å². The monoisotopic (exact) mass is 378 g/mol. The molecule has 3 rings (SSSR count). The minimum atomic E-state index is -0.298. The maximum absolute atomic E-state index is 11.8. The topological polar surface area (TPSA) is 59.3 Å². The molecule has 2 heterocycles. The van der Waals surface area contributed by atoms with E-state index in [1.54, 1.807) is 34.9 Å². The number of carbonyl (C=O) groups is 1. The maximum atomic E-state index is 11.8. The number of benzene rings is 1. The Balaban J connectivity index is 1.92. The highest BCUT2D eigenvalue weighted by Gasteiger charge is 2.15. The molecule has 0 radical (unpaired) electrons. The first-order chi connectivity index (χ1) is 11.6. The van der Waals surface area contributed by atoms with Crippen molar-refractivity contribution in [3.63, 3.8) is 0 Å². The van der Waals surface area contributed by atoms with Gasteiger partial charge in [-0.3, -0.25) is 10.1 Å². The van der Waals surface area contributed by atoms with Gasteiger partial charge >= 0.3 is 0 Å². The Hall–Kier alpha value is -2.15. The zero-order valence-corrected chi connectivity index (χ0v) is 14.9. The highest BCUT2D eigenvalue weighted by molar-refractivity contribution is 7.15. The Morgan fingerprint density at radius 3 is 2.96 bits per heavy atom. The number of halogens is 2. The van der Waals surface area contributed by atoms with E-state index in [1.165, 1.54) is 17.4 Å². The molecule has 0 unspecified atom stereocenters. The van der Waals surface area contributed by atoms with Gasteiger partial charge in [-0.15, -0.1) is 16.4 Å². The lowest BCUT2D eigenvalue weighted by Crippen LogP contribution is -2.09. The van der Waals surface area contributed by atoms with Crippen molar-refractivity contribution in [1.82, 2.24) is 14.6 Å². The quantitative estimate of drug-likeness (QED) is 0.522. The number of nitrogens with one attached hydrogen (secondary N) is 1. The van der Waals surface area contributed by atoms with E-state index >= 15 is 0 Å². The first kappa shape index (κ1) is 16.7. The summed E-state index contributed by atoms with van der Waals surface area (Å²) in [5, 5.41) is 9.98. The van der Waals surface area contributed by atoms with Crippen molar-refractivity contribution < 1.29 is 4.79 Å². The van der Waals surface area contributed by atoms with Gasteiger partial charge in [-0.1, -0.05) is 41.4 Å². The van der Waals surface area contributed by atoms with E-state index in [0.29, 0.717) is 15.0 Å². The Labute approximate surface area is 152 Å². The molecular weight excluding hydrogens is 367 g/mol.